The molecule has 0 saturated heterocycles. The molecule has 3 aromatic carbocycles. The molecule has 0 spiro atoms. The molecule has 4 aromatic rings. The number of non-ortho nitro benzene ring substituents is 1. The van der Waals surface area contributed by atoms with Crippen molar-refractivity contribution in [2.45, 2.75) is 11.3 Å². The molecule has 4 rings (SSSR count). The molecule has 3 N–H and O–H groups in total. The van der Waals surface area contributed by atoms with Gasteiger partial charge in [0.05, 0.1) is 32.0 Å². The average Bonchev–Trinajstić information content (AvgIpc) is 3.27. The van der Waals surface area contributed by atoms with Crippen molar-refractivity contribution in [1.29, 1.82) is 0 Å². The van der Waals surface area contributed by atoms with Crippen LogP contribution in [-0.2, 0) is 4.79 Å². The molecule has 1 aromatic heterocycles. The lowest BCUT2D eigenvalue weighted by molar-refractivity contribution is -0.384. The SMILES string of the molecule is Cc1c(Cl)cccc1NC(=O)CSc1nc2ccc(NC(=O)c3ccc([N+](=O)[O-])cc3C(=O)O)cc2s1. The van der Waals surface area contributed by atoms with Gasteiger partial charge < -0.3 is 15.7 Å². The third-order valence-corrected chi connectivity index (χ3v) is 7.75. The number of carbonyl (C=O) groups is 3. The summed E-state index contributed by atoms with van der Waals surface area (Å²) < 4.78 is 1.40. The summed E-state index contributed by atoms with van der Waals surface area (Å²) >= 11 is 8.69. The van der Waals surface area contributed by atoms with Crippen molar-refractivity contribution in [3.05, 3.63) is 86.4 Å². The van der Waals surface area contributed by atoms with E-state index in [0.717, 1.165) is 28.5 Å². The predicted octanol–water partition coefficient (Wildman–Crippen LogP) is 5.85. The third kappa shape index (κ3) is 6.05. The zero-order chi connectivity index (χ0) is 26.7. The number of nitrogens with one attached hydrogen (secondary N) is 2. The molecule has 1 heterocycles. The van der Waals surface area contributed by atoms with Gasteiger partial charge in [-0.2, -0.15) is 0 Å². The zero-order valence-electron chi connectivity index (χ0n) is 19.0. The molecular weight excluding hydrogens is 540 g/mol. The molecule has 0 fully saturated rings. The number of carbonyl (C=O) groups excluding carboxylic acids is 2. The predicted molar refractivity (Wildman–Crippen MR) is 143 cm³/mol. The minimum atomic E-state index is -1.46. The van der Waals surface area contributed by atoms with E-state index in [2.05, 4.69) is 15.6 Å². The van der Waals surface area contributed by atoms with E-state index in [-0.39, 0.29) is 17.2 Å². The fourth-order valence-corrected chi connectivity index (χ4v) is 5.40. The number of benzene rings is 3. The van der Waals surface area contributed by atoms with E-state index in [1.807, 2.05) is 6.92 Å². The van der Waals surface area contributed by atoms with E-state index in [4.69, 9.17) is 11.6 Å². The number of hydrogen-bond acceptors (Lipinski definition) is 8. The van der Waals surface area contributed by atoms with Gasteiger partial charge in [-0.15, -0.1) is 11.3 Å². The number of nitro benzene ring substituents is 1. The van der Waals surface area contributed by atoms with Gasteiger partial charge in [0.2, 0.25) is 5.91 Å². The number of fused-ring (bicyclic) bond motifs is 1. The Morgan fingerprint density at radius 1 is 1.11 bits per heavy atom. The van der Waals surface area contributed by atoms with Crippen molar-refractivity contribution in [3.63, 3.8) is 0 Å². The number of carboxylic acid groups (broad SMARTS) is 1. The number of nitro groups is 1. The van der Waals surface area contributed by atoms with Gasteiger partial charge >= 0.3 is 5.97 Å². The largest absolute Gasteiger partial charge is 0.478 e. The van der Waals surface area contributed by atoms with Crippen LogP contribution in [-0.4, -0.2) is 38.6 Å². The highest BCUT2D eigenvalue weighted by Crippen LogP contribution is 2.32. The maximum Gasteiger partial charge on any atom is 0.336 e. The van der Waals surface area contributed by atoms with E-state index in [0.29, 0.717) is 26.3 Å². The number of rotatable bonds is 8. The Hall–Kier alpha value is -4.00. The van der Waals surface area contributed by atoms with E-state index >= 15 is 0 Å². The first-order chi connectivity index (χ1) is 17.6. The van der Waals surface area contributed by atoms with E-state index in [9.17, 15) is 29.6 Å². The first-order valence-electron chi connectivity index (χ1n) is 10.5. The second-order valence-electron chi connectivity index (χ2n) is 7.66. The molecule has 37 heavy (non-hydrogen) atoms. The molecule has 0 atom stereocenters. The Bertz CT molecular complexity index is 1570. The number of aromatic carboxylic acids is 1. The van der Waals surface area contributed by atoms with E-state index in [1.165, 1.54) is 23.1 Å². The summed E-state index contributed by atoms with van der Waals surface area (Å²) in [6.45, 7) is 1.82. The van der Waals surface area contributed by atoms with Crippen LogP contribution in [0.15, 0.2) is 58.9 Å². The number of hydrogen-bond donors (Lipinski definition) is 3. The molecule has 0 bridgehead atoms. The van der Waals surface area contributed by atoms with E-state index < -0.39 is 28.1 Å². The maximum atomic E-state index is 12.7. The van der Waals surface area contributed by atoms with Crippen LogP contribution >= 0.6 is 34.7 Å². The van der Waals surface area contributed by atoms with Crippen LogP contribution < -0.4 is 10.6 Å². The molecule has 10 nitrogen and oxygen atoms in total. The molecule has 2 amide bonds. The number of carboxylic acids is 1. The molecule has 0 aliphatic carbocycles. The van der Waals surface area contributed by atoms with Crippen LogP contribution in [0.3, 0.4) is 0 Å². The van der Waals surface area contributed by atoms with Gasteiger partial charge in [0.15, 0.2) is 4.34 Å². The summed E-state index contributed by atoms with van der Waals surface area (Å²) in [5, 5.41) is 26.3. The quantitative estimate of drug-likeness (QED) is 0.139. The van der Waals surface area contributed by atoms with Crippen molar-refractivity contribution in [1.82, 2.24) is 4.98 Å². The lowest BCUT2D eigenvalue weighted by Crippen LogP contribution is -2.16. The highest BCUT2D eigenvalue weighted by atomic mass is 35.5. The summed E-state index contributed by atoms with van der Waals surface area (Å²) in [6, 6.07) is 13.3. The first kappa shape index (κ1) is 26.1. The van der Waals surface area contributed by atoms with E-state index in [1.54, 1.807) is 36.4 Å². The number of thioether (sulfide) groups is 1. The molecule has 13 heteroatoms. The summed E-state index contributed by atoms with van der Waals surface area (Å²) in [4.78, 5) is 51.3. The molecular formula is C24H17ClN4O6S2. The molecule has 0 aliphatic heterocycles. The normalized spacial score (nSPS) is 10.8. The Morgan fingerprint density at radius 3 is 2.62 bits per heavy atom. The van der Waals surface area contributed by atoms with Crippen LogP contribution in [0.2, 0.25) is 5.02 Å². The van der Waals surface area contributed by atoms with Crippen molar-refractivity contribution in [2.75, 3.05) is 16.4 Å². The van der Waals surface area contributed by atoms with Crippen molar-refractivity contribution in [2.24, 2.45) is 0 Å². The van der Waals surface area contributed by atoms with Gasteiger partial charge in [-0.3, -0.25) is 19.7 Å². The Labute approximate surface area is 222 Å². The number of amides is 2. The molecule has 0 radical (unpaired) electrons. The minimum Gasteiger partial charge on any atom is -0.478 e. The second kappa shape index (κ2) is 10.9. The van der Waals surface area contributed by atoms with Gasteiger partial charge in [-0.05, 0) is 48.9 Å². The van der Waals surface area contributed by atoms with Crippen molar-refractivity contribution >= 4 is 79.8 Å². The lowest BCUT2D eigenvalue weighted by Gasteiger charge is -2.08. The lowest BCUT2D eigenvalue weighted by atomic mass is 10.1. The highest BCUT2D eigenvalue weighted by Gasteiger charge is 2.21. The third-order valence-electron chi connectivity index (χ3n) is 5.18. The highest BCUT2D eigenvalue weighted by molar-refractivity contribution is 8.01. The van der Waals surface area contributed by atoms with Crippen LogP contribution in [0.25, 0.3) is 10.2 Å². The average molecular weight is 557 g/mol. The standard InChI is InChI=1S/C24H17ClN4O6S2/c1-12-17(25)3-2-4-18(12)27-21(30)11-36-24-28-19-8-5-13(9-20(19)37-24)26-22(31)15-7-6-14(29(34)35)10-16(15)23(32)33/h2-10H,11H2,1H3,(H,26,31)(H,27,30)(H,32,33). The van der Waals surface area contributed by atoms with Gasteiger partial charge in [0, 0.05) is 28.5 Å². The first-order valence-corrected chi connectivity index (χ1v) is 12.7. The summed E-state index contributed by atoms with van der Waals surface area (Å²) in [7, 11) is 0. The molecule has 0 saturated carbocycles. The molecule has 0 aliphatic rings. The van der Waals surface area contributed by atoms with Crippen LogP contribution in [0.5, 0.6) is 0 Å². The van der Waals surface area contributed by atoms with Crippen LogP contribution in [0.4, 0.5) is 17.1 Å². The summed E-state index contributed by atoms with van der Waals surface area (Å²) in [5.41, 5.74) is 1.36. The summed E-state index contributed by atoms with van der Waals surface area (Å²) in [6.07, 6.45) is 0. The van der Waals surface area contributed by atoms with Gasteiger partial charge in [0.25, 0.3) is 11.6 Å². The Morgan fingerprint density at radius 2 is 1.89 bits per heavy atom. The Balaban J connectivity index is 1.44. The molecule has 188 valence electrons. The number of thiazole rings is 1. The van der Waals surface area contributed by atoms with Crippen LogP contribution in [0, 0.1) is 17.0 Å². The number of halogens is 1. The number of aromatic nitrogens is 1. The minimum absolute atomic E-state index is 0.132. The smallest absolute Gasteiger partial charge is 0.336 e. The fourth-order valence-electron chi connectivity index (χ4n) is 3.32. The van der Waals surface area contributed by atoms with Crippen LogP contribution in [0.1, 0.15) is 26.3 Å². The van der Waals surface area contributed by atoms with Crippen molar-refractivity contribution < 1.29 is 24.4 Å². The zero-order valence-corrected chi connectivity index (χ0v) is 21.4. The van der Waals surface area contributed by atoms with Gasteiger partial charge in [-0.25, -0.2) is 9.78 Å². The van der Waals surface area contributed by atoms with Crippen molar-refractivity contribution in [3.8, 4) is 0 Å². The monoisotopic (exact) mass is 556 g/mol. The molecule has 0 unspecified atom stereocenters. The fraction of sp³-hybridized carbons (Fsp3) is 0.0833. The van der Waals surface area contributed by atoms with Gasteiger partial charge in [-0.1, -0.05) is 29.4 Å². The number of nitrogens with zero attached hydrogens (tertiary/aromatic N) is 2. The summed E-state index contributed by atoms with van der Waals surface area (Å²) in [5.74, 6) is -2.25. The maximum absolute atomic E-state index is 12.7. The topological polar surface area (TPSA) is 152 Å². The number of anilines is 2. The Kier molecular flexibility index (Phi) is 7.71. The second-order valence-corrected chi connectivity index (χ2v) is 10.3. The van der Waals surface area contributed by atoms with Gasteiger partial charge in [0.1, 0.15) is 0 Å².